The van der Waals surface area contributed by atoms with E-state index >= 15 is 0 Å². The lowest BCUT2D eigenvalue weighted by atomic mass is 9.92. The van der Waals surface area contributed by atoms with Crippen LogP contribution in [0.1, 0.15) is 32.2 Å². The molecule has 2 heterocycles. The average Bonchev–Trinajstić information content (AvgIpc) is 3.16. The first-order valence-corrected chi connectivity index (χ1v) is 10.1. The number of aromatic nitrogens is 4. The van der Waals surface area contributed by atoms with Crippen molar-refractivity contribution in [3.8, 4) is 23.2 Å². The number of urea groups is 1. The second-order valence-electron chi connectivity index (χ2n) is 8.28. The van der Waals surface area contributed by atoms with Crippen molar-refractivity contribution in [3.05, 3.63) is 46.0 Å². The average molecular weight is 457 g/mol. The van der Waals surface area contributed by atoms with Gasteiger partial charge in [-0.2, -0.15) is 9.78 Å². The monoisotopic (exact) mass is 456 g/mol. The lowest BCUT2D eigenvalue weighted by molar-refractivity contribution is 0.262. The van der Waals surface area contributed by atoms with Crippen molar-refractivity contribution in [1.29, 1.82) is 0 Å². The summed E-state index contributed by atoms with van der Waals surface area (Å²) in [6, 6.07) is 5.79. The molecule has 1 aromatic carbocycles. The second-order valence-corrected chi connectivity index (χ2v) is 8.28. The quantitative estimate of drug-likeness (QED) is 0.519. The topological polar surface area (TPSA) is 132 Å². The smallest absolute Gasteiger partial charge is 0.324 e. The SMILES string of the molecule is COc1cc(NC(=O)Nc2cc(C(C)(C)C)nn2-c2nc(C)cc(=O)[nH]2)cc(OC)c1OC. The second kappa shape index (κ2) is 9.23. The normalized spacial score (nSPS) is 11.1. The molecule has 0 saturated heterocycles. The number of nitrogens with zero attached hydrogens (tertiary/aromatic N) is 3. The zero-order valence-corrected chi connectivity index (χ0v) is 19.7. The number of hydrogen-bond donors (Lipinski definition) is 3. The molecule has 3 aromatic rings. The maximum absolute atomic E-state index is 12.8. The molecule has 176 valence electrons. The molecule has 2 amide bonds. The van der Waals surface area contributed by atoms with Gasteiger partial charge in [0.05, 0.1) is 32.7 Å². The first-order chi connectivity index (χ1) is 15.5. The van der Waals surface area contributed by atoms with Crippen molar-refractivity contribution in [2.24, 2.45) is 0 Å². The minimum absolute atomic E-state index is 0.193. The van der Waals surface area contributed by atoms with Crippen molar-refractivity contribution < 1.29 is 19.0 Å². The molecular weight excluding hydrogens is 428 g/mol. The van der Waals surface area contributed by atoms with Crippen LogP contribution in [0.15, 0.2) is 29.1 Å². The minimum atomic E-state index is -0.541. The van der Waals surface area contributed by atoms with Gasteiger partial charge in [-0.1, -0.05) is 20.8 Å². The van der Waals surface area contributed by atoms with Crippen molar-refractivity contribution >= 4 is 17.5 Å². The number of amides is 2. The molecule has 0 aliphatic carbocycles. The number of benzene rings is 1. The molecule has 0 atom stereocenters. The van der Waals surface area contributed by atoms with Crippen LogP contribution in [0.25, 0.3) is 5.95 Å². The molecular formula is C22H28N6O5. The van der Waals surface area contributed by atoms with E-state index in [1.807, 2.05) is 20.8 Å². The summed E-state index contributed by atoms with van der Waals surface area (Å²) in [5, 5.41) is 10.1. The molecule has 2 aromatic heterocycles. The molecule has 0 saturated carbocycles. The Labute approximate surface area is 191 Å². The molecule has 0 radical (unpaired) electrons. The number of nitrogens with one attached hydrogen (secondary N) is 3. The molecule has 0 aliphatic heterocycles. The molecule has 0 aliphatic rings. The van der Waals surface area contributed by atoms with Gasteiger partial charge >= 0.3 is 6.03 Å². The Morgan fingerprint density at radius 3 is 2.15 bits per heavy atom. The van der Waals surface area contributed by atoms with E-state index in [0.29, 0.717) is 40.1 Å². The van der Waals surface area contributed by atoms with E-state index in [-0.39, 0.29) is 16.9 Å². The highest BCUT2D eigenvalue weighted by molar-refractivity contribution is 5.99. The van der Waals surface area contributed by atoms with Gasteiger partial charge in [-0.05, 0) is 6.92 Å². The first kappa shape index (κ1) is 23.6. The van der Waals surface area contributed by atoms with E-state index in [1.54, 1.807) is 25.1 Å². The molecule has 3 N–H and O–H groups in total. The van der Waals surface area contributed by atoms with Crippen LogP contribution in [0.2, 0.25) is 0 Å². The Kier molecular flexibility index (Phi) is 6.61. The maximum Gasteiger partial charge on any atom is 0.324 e. The molecule has 0 spiro atoms. The van der Waals surface area contributed by atoms with E-state index in [0.717, 1.165) is 0 Å². The van der Waals surface area contributed by atoms with E-state index in [4.69, 9.17) is 14.2 Å². The predicted octanol–water partition coefficient (Wildman–Crippen LogP) is 3.23. The molecule has 0 bridgehead atoms. The van der Waals surface area contributed by atoms with Gasteiger partial charge in [-0.15, -0.1) is 0 Å². The summed E-state index contributed by atoms with van der Waals surface area (Å²) >= 11 is 0. The molecule has 0 unspecified atom stereocenters. The summed E-state index contributed by atoms with van der Waals surface area (Å²) in [6.45, 7) is 7.68. The Morgan fingerprint density at radius 1 is 1.00 bits per heavy atom. The van der Waals surface area contributed by atoms with E-state index in [9.17, 15) is 9.59 Å². The van der Waals surface area contributed by atoms with Crippen LogP contribution >= 0.6 is 0 Å². The number of carbonyl (C=O) groups excluding carboxylic acids is 1. The maximum atomic E-state index is 12.8. The summed E-state index contributed by atoms with van der Waals surface area (Å²) in [5.41, 5.74) is 1.02. The number of aromatic amines is 1. The third kappa shape index (κ3) is 5.25. The number of methoxy groups -OCH3 is 3. The zero-order chi connectivity index (χ0) is 24.3. The molecule has 11 nitrogen and oxygen atoms in total. The van der Waals surface area contributed by atoms with Crippen molar-refractivity contribution in [1.82, 2.24) is 19.7 Å². The summed E-state index contributed by atoms with van der Waals surface area (Å²) in [7, 11) is 4.48. The highest BCUT2D eigenvalue weighted by atomic mass is 16.5. The largest absolute Gasteiger partial charge is 0.493 e. The van der Waals surface area contributed by atoms with Crippen LogP contribution in [0.5, 0.6) is 17.2 Å². The Morgan fingerprint density at radius 2 is 1.64 bits per heavy atom. The number of aryl methyl sites for hydroxylation is 1. The molecule has 0 fully saturated rings. The van der Waals surface area contributed by atoms with Gasteiger partial charge in [0, 0.05) is 35.4 Å². The molecule has 33 heavy (non-hydrogen) atoms. The number of hydrogen-bond acceptors (Lipinski definition) is 7. The van der Waals surface area contributed by atoms with Gasteiger partial charge in [0.2, 0.25) is 11.7 Å². The van der Waals surface area contributed by atoms with Gasteiger partial charge in [0.25, 0.3) is 5.56 Å². The highest BCUT2D eigenvalue weighted by Crippen LogP contribution is 2.40. The summed E-state index contributed by atoms with van der Waals surface area (Å²) in [5.74, 6) is 1.73. The van der Waals surface area contributed by atoms with Crippen LogP contribution in [-0.4, -0.2) is 47.1 Å². The van der Waals surface area contributed by atoms with Crippen molar-refractivity contribution in [2.45, 2.75) is 33.1 Å². The summed E-state index contributed by atoms with van der Waals surface area (Å²) in [4.78, 5) is 31.8. The number of anilines is 2. The summed E-state index contributed by atoms with van der Waals surface area (Å²) < 4.78 is 17.4. The van der Waals surface area contributed by atoms with E-state index < -0.39 is 6.03 Å². The third-order valence-electron chi connectivity index (χ3n) is 4.70. The molecule has 3 rings (SSSR count). The van der Waals surface area contributed by atoms with Crippen LogP contribution < -0.4 is 30.4 Å². The number of ether oxygens (including phenoxy) is 3. The van der Waals surface area contributed by atoms with Crippen molar-refractivity contribution in [3.63, 3.8) is 0 Å². The fourth-order valence-corrected chi connectivity index (χ4v) is 3.09. The van der Waals surface area contributed by atoms with Gasteiger partial charge in [-0.3, -0.25) is 15.1 Å². The van der Waals surface area contributed by atoms with Gasteiger partial charge < -0.3 is 19.5 Å². The standard InChI is InChI=1S/C22H28N6O5/c1-12-8-18(29)26-20(23-12)28-17(11-16(27-28)22(2,3)4)25-21(30)24-13-9-14(31-5)19(33-7)15(10-13)32-6/h8-11H,1-7H3,(H,23,26,29)(H2,24,25,30). The lowest BCUT2D eigenvalue weighted by Gasteiger charge is -2.15. The third-order valence-corrected chi connectivity index (χ3v) is 4.70. The predicted molar refractivity (Wildman–Crippen MR) is 124 cm³/mol. The van der Waals surface area contributed by atoms with Gasteiger partial charge in [0.15, 0.2) is 11.5 Å². The fraction of sp³-hybridized carbons (Fsp3) is 0.364. The van der Waals surface area contributed by atoms with E-state index in [2.05, 4.69) is 25.7 Å². The Bertz CT molecular complexity index is 1200. The van der Waals surface area contributed by atoms with Crippen LogP contribution in [-0.2, 0) is 5.41 Å². The lowest BCUT2D eigenvalue weighted by Crippen LogP contribution is -2.23. The Balaban J connectivity index is 1.95. The zero-order valence-electron chi connectivity index (χ0n) is 19.7. The fourth-order valence-electron chi connectivity index (χ4n) is 3.09. The van der Waals surface area contributed by atoms with Crippen LogP contribution in [0, 0.1) is 6.92 Å². The summed E-state index contributed by atoms with van der Waals surface area (Å²) in [6.07, 6.45) is 0. The van der Waals surface area contributed by atoms with Gasteiger partial charge in [-0.25, -0.2) is 9.78 Å². The number of carbonyl (C=O) groups is 1. The molecule has 11 heteroatoms. The van der Waals surface area contributed by atoms with Crippen LogP contribution in [0.4, 0.5) is 16.3 Å². The van der Waals surface area contributed by atoms with Crippen LogP contribution in [0.3, 0.4) is 0 Å². The Hall–Kier alpha value is -4.02. The van der Waals surface area contributed by atoms with Crippen molar-refractivity contribution in [2.75, 3.05) is 32.0 Å². The highest BCUT2D eigenvalue weighted by Gasteiger charge is 2.23. The van der Waals surface area contributed by atoms with Gasteiger partial charge in [0.1, 0.15) is 5.82 Å². The number of H-pyrrole nitrogens is 1. The number of rotatable bonds is 6. The van der Waals surface area contributed by atoms with E-state index in [1.165, 1.54) is 32.1 Å². The minimum Gasteiger partial charge on any atom is -0.493 e. The first-order valence-electron chi connectivity index (χ1n) is 10.1.